The van der Waals surface area contributed by atoms with E-state index in [0.29, 0.717) is 36.8 Å². The zero-order valence-electron chi connectivity index (χ0n) is 14.2. The molecule has 132 valence electrons. The molecule has 0 aliphatic carbocycles. The van der Waals surface area contributed by atoms with Crippen molar-refractivity contribution in [2.75, 3.05) is 24.8 Å². The number of carbonyl (C=O) groups is 1. The largest absolute Gasteiger partial charge is 0.486 e. The Kier molecular flexibility index (Phi) is 5.48. The summed E-state index contributed by atoms with van der Waals surface area (Å²) in [5, 5.41) is 2.96. The van der Waals surface area contributed by atoms with Crippen LogP contribution in [-0.2, 0) is 11.2 Å². The fraction of sp³-hybridized carbons (Fsp3) is 0.316. The monoisotopic (exact) mass is 361 g/mol. The summed E-state index contributed by atoms with van der Waals surface area (Å²) < 4.78 is 24.5. The van der Waals surface area contributed by atoms with Crippen LogP contribution in [-0.4, -0.2) is 25.4 Å². The summed E-state index contributed by atoms with van der Waals surface area (Å²) in [4.78, 5) is 13.5. The number of amides is 1. The Labute approximate surface area is 150 Å². The van der Waals surface area contributed by atoms with Crippen LogP contribution < -0.4 is 14.8 Å². The van der Waals surface area contributed by atoms with Crippen molar-refractivity contribution in [2.45, 2.75) is 18.2 Å². The van der Waals surface area contributed by atoms with E-state index < -0.39 is 0 Å². The number of ether oxygens (including phenoxy) is 2. The predicted molar refractivity (Wildman–Crippen MR) is 97.1 cm³/mol. The summed E-state index contributed by atoms with van der Waals surface area (Å²) in [5.41, 5.74) is 1.50. The van der Waals surface area contributed by atoms with Crippen molar-refractivity contribution in [3.8, 4) is 11.5 Å². The molecule has 0 saturated carbocycles. The fourth-order valence-electron chi connectivity index (χ4n) is 2.70. The van der Waals surface area contributed by atoms with Gasteiger partial charge in [-0.3, -0.25) is 4.79 Å². The van der Waals surface area contributed by atoms with Crippen LogP contribution in [0.3, 0.4) is 0 Å². The summed E-state index contributed by atoms with van der Waals surface area (Å²) in [5.74, 6) is 0.640. The van der Waals surface area contributed by atoms with Gasteiger partial charge in [-0.2, -0.15) is 0 Å². The van der Waals surface area contributed by atoms with Gasteiger partial charge in [-0.15, -0.1) is 11.8 Å². The second kappa shape index (κ2) is 7.78. The topological polar surface area (TPSA) is 47.6 Å². The lowest BCUT2D eigenvalue weighted by molar-refractivity contribution is -0.119. The number of hydrogen-bond donors (Lipinski definition) is 1. The molecule has 0 spiro atoms. The smallest absolute Gasteiger partial charge is 0.227 e. The average molecular weight is 361 g/mol. The van der Waals surface area contributed by atoms with Gasteiger partial charge in [0.2, 0.25) is 5.91 Å². The number of rotatable bonds is 5. The van der Waals surface area contributed by atoms with Crippen LogP contribution in [0.15, 0.2) is 41.3 Å². The van der Waals surface area contributed by atoms with Crippen LogP contribution in [0.2, 0.25) is 0 Å². The third kappa shape index (κ3) is 4.25. The van der Waals surface area contributed by atoms with Gasteiger partial charge in [0, 0.05) is 16.9 Å². The van der Waals surface area contributed by atoms with Crippen molar-refractivity contribution < 1.29 is 18.7 Å². The maximum absolute atomic E-state index is 13.3. The minimum atomic E-state index is -0.290. The summed E-state index contributed by atoms with van der Waals surface area (Å²) in [6, 6.07) is 10.0. The van der Waals surface area contributed by atoms with Gasteiger partial charge in [0.05, 0.1) is 5.69 Å². The molecule has 0 bridgehead atoms. The number of benzene rings is 2. The van der Waals surface area contributed by atoms with E-state index in [0.717, 1.165) is 10.5 Å². The number of halogens is 1. The molecule has 1 atom stereocenters. The first-order chi connectivity index (χ1) is 12.1. The summed E-state index contributed by atoms with van der Waals surface area (Å²) in [6.45, 7) is 2.85. The number of hydrogen-bond acceptors (Lipinski definition) is 4. The molecule has 0 saturated heterocycles. The lowest BCUT2D eigenvalue weighted by atomic mass is 10.00. The fourth-order valence-corrected chi connectivity index (χ4v) is 3.26. The van der Waals surface area contributed by atoms with Gasteiger partial charge in [0.1, 0.15) is 19.0 Å². The van der Waals surface area contributed by atoms with Gasteiger partial charge in [0.15, 0.2) is 11.5 Å². The third-order valence-electron chi connectivity index (χ3n) is 4.00. The Morgan fingerprint density at radius 1 is 1.24 bits per heavy atom. The van der Waals surface area contributed by atoms with Gasteiger partial charge in [0.25, 0.3) is 0 Å². The molecular weight excluding hydrogens is 341 g/mol. The number of nitrogens with one attached hydrogen (secondary N) is 1. The number of thioether (sulfide) groups is 1. The first-order valence-electron chi connectivity index (χ1n) is 8.09. The summed E-state index contributed by atoms with van der Waals surface area (Å²) in [7, 11) is 0. The van der Waals surface area contributed by atoms with E-state index >= 15 is 0 Å². The molecule has 1 N–H and O–H groups in total. The lowest BCUT2D eigenvalue weighted by Crippen LogP contribution is -2.23. The quantitative estimate of drug-likeness (QED) is 0.813. The van der Waals surface area contributed by atoms with E-state index in [1.807, 2.05) is 25.3 Å². The van der Waals surface area contributed by atoms with E-state index in [4.69, 9.17) is 9.47 Å². The molecule has 1 aliphatic rings. The first-order valence-corrected chi connectivity index (χ1v) is 9.32. The highest BCUT2D eigenvalue weighted by Crippen LogP contribution is 2.39. The second-order valence-corrected chi connectivity index (χ2v) is 6.77. The van der Waals surface area contributed by atoms with E-state index in [1.165, 1.54) is 23.9 Å². The maximum atomic E-state index is 13.3. The molecule has 0 aromatic heterocycles. The maximum Gasteiger partial charge on any atom is 0.227 e. The minimum Gasteiger partial charge on any atom is -0.486 e. The molecule has 0 radical (unpaired) electrons. The molecule has 2 aromatic rings. The molecule has 2 aromatic carbocycles. The van der Waals surface area contributed by atoms with Crippen molar-refractivity contribution in [1.82, 2.24) is 0 Å². The van der Waals surface area contributed by atoms with Gasteiger partial charge in [-0.25, -0.2) is 4.39 Å². The minimum absolute atomic E-state index is 0.115. The third-order valence-corrected chi connectivity index (χ3v) is 4.78. The standard InChI is InChI=1S/C19H20FNO3S/c1-12(8-13-4-3-5-14(20)9-13)19(22)21-15-10-16-17(11-18(15)25-2)24-7-6-23-16/h3-5,9-12H,6-8H2,1-2H3,(H,21,22). The summed E-state index contributed by atoms with van der Waals surface area (Å²) in [6.07, 6.45) is 2.42. The second-order valence-electron chi connectivity index (χ2n) is 5.92. The molecule has 25 heavy (non-hydrogen) atoms. The van der Waals surface area contributed by atoms with Crippen LogP contribution in [0.5, 0.6) is 11.5 Å². The van der Waals surface area contributed by atoms with Gasteiger partial charge >= 0.3 is 0 Å². The number of carbonyl (C=O) groups excluding carboxylic acids is 1. The zero-order chi connectivity index (χ0) is 17.8. The first kappa shape index (κ1) is 17.6. The molecule has 1 aliphatic heterocycles. The number of anilines is 1. The Balaban J connectivity index is 1.73. The Morgan fingerprint density at radius 2 is 1.96 bits per heavy atom. The van der Waals surface area contributed by atoms with Crippen molar-refractivity contribution in [3.05, 3.63) is 47.8 Å². The van der Waals surface area contributed by atoms with Crippen LogP contribution in [0.4, 0.5) is 10.1 Å². The molecule has 3 rings (SSSR count). The highest BCUT2D eigenvalue weighted by Gasteiger charge is 2.19. The van der Waals surface area contributed by atoms with Crippen LogP contribution in [0.1, 0.15) is 12.5 Å². The van der Waals surface area contributed by atoms with Crippen LogP contribution >= 0.6 is 11.8 Å². The average Bonchev–Trinajstić information content (AvgIpc) is 2.61. The van der Waals surface area contributed by atoms with E-state index in [1.54, 1.807) is 12.1 Å². The molecular formula is C19H20FNO3S. The Morgan fingerprint density at radius 3 is 2.64 bits per heavy atom. The Hall–Kier alpha value is -2.21. The van der Waals surface area contributed by atoms with Gasteiger partial charge < -0.3 is 14.8 Å². The highest BCUT2D eigenvalue weighted by atomic mass is 32.2. The number of fused-ring (bicyclic) bond motifs is 1. The van der Waals surface area contributed by atoms with Gasteiger partial charge in [-0.1, -0.05) is 19.1 Å². The molecule has 1 unspecified atom stereocenters. The normalized spacial score (nSPS) is 14.0. The SMILES string of the molecule is CSc1cc2c(cc1NC(=O)C(C)Cc1cccc(F)c1)OCCO2. The highest BCUT2D eigenvalue weighted by molar-refractivity contribution is 7.98. The van der Waals surface area contributed by atoms with Crippen molar-refractivity contribution >= 4 is 23.4 Å². The predicted octanol–water partition coefficient (Wildman–Crippen LogP) is 4.14. The summed E-state index contributed by atoms with van der Waals surface area (Å²) >= 11 is 1.53. The lowest BCUT2D eigenvalue weighted by Gasteiger charge is -2.21. The zero-order valence-corrected chi connectivity index (χ0v) is 15.0. The molecule has 1 amide bonds. The van der Waals surface area contributed by atoms with Crippen molar-refractivity contribution in [2.24, 2.45) is 5.92 Å². The van der Waals surface area contributed by atoms with Crippen LogP contribution in [0.25, 0.3) is 0 Å². The van der Waals surface area contributed by atoms with Crippen molar-refractivity contribution in [3.63, 3.8) is 0 Å². The van der Waals surface area contributed by atoms with Crippen molar-refractivity contribution in [1.29, 1.82) is 0 Å². The molecule has 1 heterocycles. The Bertz CT molecular complexity index is 781. The van der Waals surface area contributed by atoms with Crippen LogP contribution in [0, 0.1) is 11.7 Å². The molecule has 6 heteroatoms. The van der Waals surface area contributed by atoms with E-state index in [2.05, 4.69) is 5.32 Å². The van der Waals surface area contributed by atoms with Gasteiger partial charge in [-0.05, 0) is 36.4 Å². The van der Waals surface area contributed by atoms with E-state index in [9.17, 15) is 9.18 Å². The molecule has 0 fully saturated rings. The molecule has 4 nitrogen and oxygen atoms in total. The van der Waals surface area contributed by atoms with E-state index in [-0.39, 0.29) is 17.6 Å².